The Hall–Kier alpha value is -4.16. The topological polar surface area (TPSA) is 139 Å². The van der Waals surface area contributed by atoms with Gasteiger partial charge < -0.3 is 15.4 Å². The van der Waals surface area contributed by atoms with Crippen LogP contribution in [-0.2, 0) is 14.8 Å². The van der Waals surface area contributed by atoms with Crippen molar-refractivity contribution in [3.05, 3.63) is 70.1 Å². The largest absolute Gasteiger partial charge is 0.383 e. The quantitative estimate of drug-likeness (QED) is 0.345. The molecule has 204 valence electrons. The van der Waals surface area contributed by atoms with Gasteiger partial charge in [0, 0.05) is 55.0 Å². The lowest BCUT2D eigenvalue weighted by Crippen LogP contribution is -2.35. The van der Waals surface area contributed by atoms with Crippen molar-refractivity contribution in [2.75, 3.05) is 49.2 Å². The summed E-state index contributed by atoms with van der Waals surface area (Å²) in [5.74, 6) is 0.514. The molecule has 0 fully saturated rings. The van der Waals surface area contributed by atoms with Crippen molar-refractivity contribution < 1.29 is 17.9 Å². The predicted molar refractivity (Wildman–Crippen MR) is 152 cm³/mol. The van der Waals surface area contributed by atoms with E-state index >= 15 is 0 Å². The van der Waals surface area contributed by atoms with Gasteiger partial charge in [0.05, 0.1) is 18.6 Å². The van der Waals surface area contributed by atoms with Crippen molar-refractivity contribution in [1.82, 2.24) is 20.3 Å². The highest BCUT2D eigenvalue weighted by molar-refractivity contribution is 7.92. The van der Waals surface area contributed by atoms with Gasteiger partial charge in [-0.15, -0.1) is 0 Å². The first-order chi connectivity index (χ1) is 18.8. The van der Waals surface area contributed by atoms with Crippen LogP contribution < -0.4 is 25.6 Å². The predicted octanol–water partition coefficient (Wildman–Crippen LogP) is 1.75. The van der Waals surface area contributed by atoms with Crippen LogP contribution in [0.2, 0.25) is 0 Å². The van der Waals surface area contributed by atoms with Crippen molar-refractivity contribution in [3.63, 3.8) is 0 Å². The standard InChI is InChI=1S/C27H31N7O4S/c1-4-34(39(3,36)37)25-19(7-5-16-29-25)11-14-23-22-8-6-15-28-24(22)33-27(32-23)31-21-12-9-20(10-13-21)26(35)30-17-18-38-2/h5,7-14,16H,4,6,15,17-18H2,1-3H3,(H,30,35)(H,28,31,33). The Balaban J connectivity index is 1.63. The number of methoxy groups -OCH3 is 1. The molecular weight excluding hydrogens is 518 g/mol. The van der Waals surface area contributed by atoms with Crippen LogP contribution in [0.1, 0.15) is 35.0 Å². The fraction of sp³-hybridized carbons (Fsp3) is 0.296. The number of nitrogens with one attached hydrogen (secondary N) is 2. The zero-order chi connectivity index (χ0) is 27.8. The lowest BCUT2D eigenvalue weighted by atomic mass is 10.1. The molecule has 3 aromatic rings. The molecule has 0 bridgehead atoms. The van der Waals surface area contributed by atoms with Gasteiger partial charge in [-0.1, -0.05) is 6.08 Å². The van der Waals surface area contributed by atoms with Gasteiger partial charge in [-0.2, -0.15) is 4.98 Å². The van der Waals surface area contributed by atoms with Crippen LogP contribution in [0.15, 0.2) is 47.6 Å². The smallest absolute Gasteiger partial charge is 0.251 e. The minimum absolute atomic E-state index is 0.183. The number of carbonyl (C=O) groups is 1. The molecule has 39 heavy (non-hydrogen) atoms. The fourth-order valence-electron chi connectivity index (χ4n) is 4.01. The fourth-order valence-corrected chi connectivity index (χ4v) is 4.95. The first-order valence-electron chi connectivity index (χ1n) is 12.5. The maximum atomic E-state index is 12.3. The summed E-state index contributed by atoms with van der Waals surface area (Å²) < 4.78 is 30.8. The average Bonchev–Trinajstić information content (AvgIpc) is 2.92. The van der Waals surface area contributed by atoms with Crippen molar-refractivity contribution in [2.24, 2.45) is 4.99 Å². The summed E-state index contributed by atoms with van der Waals surface area (Å²) in [5.41, 5.74) is 3.08. The number of benzene rings is 1. The van der Waals surface area contributed by atoms with Gasteiger partial charge in [0.15, 0.2) is 5.49 Å². The van der Waals surface area contributed by atoms with Crippen LogP contribution in [0.25, 0.3) is 18.2 Å². The van der Waals surface area contributed by atoms with E-state index < -0.39 is 10.0 Å². The van der Waals surface area contributed by atoms with E-state index in [1.54, 1.807) is 62.7 Å². The third-order valence-corrected chi connectivity index (χ3v) is 7.08. The van der Waals surface area contributed by atoms with E-state index in [0.29, 0.717) is 59.5 Å². The minimum Gasteiger partial charge on any atom is -0.383 e. The first-order valence-corrected chi connectivity index (χ1v) is 14.3. The molecule has 1 aliphatic heterocycles. The molecule has 1 amide bonds. The molecule has 12 heteroatoms. The lowest BCUT2D eigenvalue weighted by Gasteiger charge is -2.20. The summed E-state index contributed by atoms with van der Waals surface area (Å²) >= 11 is 0. The molecule has 0 saturated heterocycles. The van der Waals surface area contributed by atoms with Crippen LogP contribution in [0.4, 0.5) is 17.5 Å². The second-order valence-corrected chi connectivity index (χ2v) is 10.6. The number of nitrogens with zero attached hydrogens (tertiary/aromatic N) is 5. The van der Waals surface area contributed by atoms with E-state index in [4.69, 9.17) is 9.72 Å². The van der Waals surface area contributed by atoms with Crippen LogP contribution in [0, 0.1) is 0 Å². The maximum Gasteiger partial charge on any atom is 0.251 e. The summed E-state index contributed by atoms with van der Waals surface area (Å²) in [5, 5.41) is 6.79. The molecule has 0 spiro atoms. The summed E-state index contributed by atoms with van der Waals surface area (Å²) in [7, 11) is -1.91. The number of pyridine rings is 1. The molecule has 11 nitrogen and oxygen atoms in total. The van der Waals surface area contributed by atoms with Crippen molar-refractivity contribution in [2.45, 2.75) is 13.3 Å². The van der Waals surface area contributed by atoms with Crippen LogP contribution >= 0.6 is 0 Å². The summed E-state index contributed by atoms with van der Waals surface area (Å²) in [6.07, 6.45) is 9.15. The molecule has 3 heterocycles. The summed E-state index contributed by atoms with van der Waals surface area (Å²) in [4.78, 5) is 30.4. The number of anilines is 3. The second kappa shape index (κ2) is 12.6. The number of amides is 1. The molecule has 0 unspecified atom stereocenters. The highest BCUT2D eigenvalue weighted by Gasteiger charge is 2.19. The lowest BCUT2D eigenvalue weighted by molar-refractivity contribution is 0.0937. The van der Waals surface area contributed by atoms with Gasteiger partial charge in [0.1, 0.15) is 5.82 Å². The first kappa shape index (κ1) is 27.9. The Labute approximate surface area is 227 Å². The maximum absolute atomic E-state index is 12.3. The van der Waals surface area contributed by atoms with Gasteiger partial charge >= 0.3 is 0 Å². The Kier molecular flexibility index (Phi) is 8.99. The second-order valence-electron chi connectivity index (χ2n) is 8.67. The van der Waals surface area contributed by atoms with Crippen molar-refractivity contribution in [3.8, 4) is 0 Å². The molecular formula is C27H31N7O4S. The molecule has 2 aromatic heterocycles. The molecule has 1 aromatic carbocycles. The highest BCUT2D eigenvalue weighted by atomic mass is 32.2. The molecule has 2 N–H and O–H groups in total. The Bertz CT molecular complexity index is 1590. The van der Waals surface area contributed by atoms with Gasteiger partial charge in [-0.3, -0.25) is 14.1 Å². The zero-order valence-electron chi connectivity index (χ0n) is 22.1. The molecule has 0 radical (unpaired) electrons. The average molecular weight is 550 g/mol. The van der Waals surface area contributed by atoms with Gasteiger partial charge in [0.2, 0.25) is 16.0 Å². The molecule has 0 saturated carbocycles. The van der Waals surface area contributed by atoms with Gasteiger partial charge in [-0.25, -0.2) is 18.4 Å². The number of rotatable bonds is 11. The van der Waals surface area contributed by atoms with E-state index in [1.807, 2.05) is 12.2 Å². The van der Waals surface area contributed by atoms with E-state index in [9.17, 15) is 13.2 Å². The third kappa shape index (κ3) is 7.03. The summed E-state index contributed by atoms with van der Waals surface area (Å²) in [6.45, 7) is 3.52. The van der Waals surface area contributed by atoms with E-state index in [1.165, 1.54) is 4.31 Å². The van der Waals surface area contributed by atoms with E-state index in [-0.39, 0.29) is 12.5 Å². The number of sulfonamides is 1. The number of hydrogen-bond acceptors (Lipinski definition) is 9. The number of hydrogen-bond donors (Lipinski definition) is 2. The molecule has 1 aliphatic rings. The van der Waals surface area contributed by atoms with Crippen LogP contribution in [0.3, 0.4) is 0 Å². The highest BCUT2D eigenvalue weighted by Crippen LogP contribution is 2.22. The van der Waals surface area contributed by atoms with E-state index in [2.05, 4.69) is 25.6 Å². The van der Waals surface area contributed by atoms with Crippen molar-refractivity contribution >= 4 is 51.6 Å². The SMILES string of the molecule is CCN(c1ncccc1C=Cc1nc(Nc2ccc(C(=O)NCCOC)cc2)nc2c1=CCCN=2)S(C)(=O)=O. The number of aromatic nitrogens is 3. The monoisotopic (exact) mass is 549 g/mol. The van der Waals surface area contributed by atoms with Gasteiger partial charge in [0.25, 0.3) is 5.91 Å². The number of ether oxygens (including phenoxy) is 1. The molecule has 0 atom stereocenters. The van der Waals surface area contributed by atoms with E-state index in [0.717, 1.165) is 17.9 Å². The molecule has 4 rings (SSSR count). The molecule has 0 aliphatic carbocycles. The van der Waals surface area contributed by atoms with Crippen LogP contribution in [-0.4, -0.2) is 68.9 Å². The summed E-state index contributed by atoms with van der Waals surface area (Å²) in [6, 6.07) is 10.5. The van der Waals surface area contributed by atoms with Gasteiger partial charge in [-0.05, 0) is 61.9 Å². The Morgan fingerprint density at radius 2 is 1.95 bits per heavy atom. The van der Waals surface area contributed by atoms with Crippen LogP contribution in [0.5, 0.6) is 0 Å². The Morgan fingerprint density at radius 3 is 2.67 bits per heavy atom. The third-order valence-electron chi connectivity index (χ3n) is 5.85. The Morgan fingerprint density at radius 1 is 1.15 bits per heavy atom. The van der Waals surface area contributed by atoms with Crippen molar-refractivity contribution in [1.29, 1.82) is 0 Å². The number of carbonyl (C=O) groups excluding carboxylic acids is 1. The minimum atomic E-state index is -3.49. The normalized spacial score (nSPS) is 12.8. The zero-order valence-corrected chi connectivity index (χ0v) is 22.9. The number of fused-ring (bicyclic) bond motifs is 1.